The molecule has 5 heterocycles. The van der Waals surface area contributed by atoms with E-state index in [1.165, 1.54) is 23.2 Å². The predicted octanol–water partition coefficient (Wildman–Crippen LogP) is 5.20. The van der Waals surface area contributed by atoms with Crippen LogP contribution in [0.4, 0.5) is 5.69 Å². The zero-order chi connectivity index (χ0) is 20.5. The van der Waals surface area contributed by atoms with Gasteiger partial charge in [0.1, 0.15) is 5.52 Å². The van der Waals surface area contributed by atoms with Gasteiger partial charge in [-0.05, 0) is 38.3 Å². The first-order chi connectivity index (χ1) is 14.8. The lowest BCUT2D eigenvalue weighted by molar-refractivity contribution is 0.934. The zero-order valence-corrected chi connectivity index (χ0v) is 18.2. The smallest absolute Gasteiger partial charge is 0.156 e. The summed E-state index contributed by atoms with van der Waals surface area (Å²) in [4.78, 5) is 21.1. The van der Waals surface area contributed by atoms with Crippen LogP contribution < -0.4 is 10.2 Å². The maximum Gasteiger partial charge on any atom is 0.156 e. The normalized spacial score (nSPS) is 14.9. The molecule has 4 aromatic heterocycles. The summed E-state index contributed by atoms with van der Waals surface area (Å²) in [5.41, 5.74) is 7.11. The van der Waals surface area contributed by atoms with Gasteiger partial charge in [-0.2, -0.15) is 0 Å². The summed E-state index contributed by atoms with van der Waals surface area (Å²) < 4.78 is 1.24. The summed E-state index contributed by atoms with van der Waals surface area (Å²) in [7, 11) is 0. The van der Waals surface area contributed by atoms with Crippen molar-refractivity contribution in [2.45, 2.75) is 33.1 Å². The van der Waals surface area contributed by atoms with Crippen molar-refractivity contribution < 1.29 is 0 Å². The molecule has 0 aliphatic carbocycles. The highest BCUT2D eigenvalue weighted by Gasteiger charge is 2.18. The molecule has 0 aromatic carbocycles. The van der Waals surface area contributed by atoms with E-state index < -0.39 is 0 Å². The van der Waals surface area contributed by atoms with Gasteiger partial charge < -0.3 is 15.2 Å². The third-order valence-electron chi connectivity index (χ3n) is 5.54. The lowest BCUT2D eigenvalue weighted by Crippen LogP contribution is -2.17. The molecule has 1 saturated heterocycles. The third kappa shape index (κ3) is 3.33. The molecule has 5 rings (SSSR count). The van der Waals surface area contributed by atoms with Crippen molar-refractivity contribution >= 4 is 44.1 Å². The fourth-order valence-corrected chi connectivity index (χ4v) is 5.26. The Kier molecular flexibility index (Phi) is 5.12. The Balaban J connectivity index is 1.59. The quantitative estimate of drug-likeness (QED) is 0.451. The molecule has 1 fully saturated rings. The Morgan fingerprint density at radius 3 is 2.93 bits per heavy atom. The monoisotopic (exact) mass is 418 g/mol. The highest BCUT2D eigenvalue weighted by molar-refractivity contribution is 7.22. The zero-order valence-electron chi connectivity index (χ0n) is 17.4. The van der Waals surface area contributed by atoms with Gasteiger partial charge in [-0.1, -0.05) is 13.0 Å². The maximum atomic E-state index is 5.01. The van der Waals surface area contributed by atoms with Crippen molar-refractivity contribution in [3.63, 3.8) is 0 Å². The summed E-state index contributed by atoms with van der Waals surface area (Å²) in [5, 5.41) is 3.46. The van der Waals surface area contributed by atoms with E-state index in [1.807, 2.05) is 18.6 Å². The fraction of sp³-hybridized carbons (Fsp3) is 0.348. The fourth-order valence-electron chi connectivity index (χ4n) is 4.15. The third-order valence-corrected chi connectivity index (χ3v) is 6.71. The van der Waals surface area contributed by atoms with Gasteiger partial charge in [0.2, 0.25) is 0 Å². The molecule has 0 atom stereocenters. The highest BCUT2D eigenvalue weighted by atomic mass is 32.1. The predicted molar refractivity (Wildman–Crippen MR) is 126 cm³/mol. The van der Waals surface area contributed by atoms with Gasteiger partial charge in [0.15, 0.2) is 5.65 Å². The minimum absolute atomic E-state index is 0.811. The number of hydrogen-bond donors (Lipinski definition) is 2. The summed E-state index contributed by atoms with van der Waals surface area (Å²) >= 11 is 1.76. The van der Waals surface area contributed by atoms with Crippen molar-refractivity contribution in [3.05, 3.63) is 42.4 Å². The summed E-state index contributed by atoms with van der Waals surface area (Å²) in [6.45, 7) is 7.37. The number of H-pyrrole nitrogens is 1. The number of thiophene rings is 1. The van der Waals surface area contributed by atoms with Gasteiger partial charge >= 0.3 is 0 Å². The maximum absolute atomic E-state index is 5.01. The molecule has 1 aliphatic heterocycles. The van der Waals surface area contributed by atoms with Crippen molar-refractivity contribution in [2.24, 2.45) is 0 Å². The Hall–Kier alpha value is -2.93. The van der Waals surface area contributed by atoms with Crippen molar-refractivity contribution in [1.82, 2.24) is 25.3 Å². The molecule has 1 aliphatic rings. The Morgan fingerprint density at radius 2 is 2.13 bits per heavy atom. The van der Waals surface area contributed by atoms with Crippen LogP contribution in [0, 0.1) is 0 Å². The van der Waals surface area contributed by atoms with E-state index in [4.69, 9.17) is 4.98 Å². The average Bonchev–Trinajstić information content (AvgIpc) is 3.52. The lowest BCUT2D eigenvalue weighted by Gasteiger charge is -2.17. The van der Waals surface area contributed by atoms with E-state index in [9.17, 15) is 0 Å². The van der Waals surface area contributed by atoms with Crippen LogP contribution in [-0.4, -0.2) is 39.6 Å². The number of aromatic amines is 1. The molecule has 154 valence electrons. The first-order valence-corrected chi connectivity index (χ1v) is 11.5. The van der Waals surface area contributed by atoms with Gasteiger partial charge in [0, 0.05) is 43.3 Å². The largest absolute Gasteiger partial charge is 0.385 e. The number of fused-ring (bicyclic) bond motifs is 2. The molecular weight excluding hydrogens is 392 g/mol. The van der Waals surface area contributed by atoms with Crippen LogP contribution >= 0.6 is 11.3 Å². The number of nitrogens with zero attached hydrogens (tertiary/aromatic N) is 4. The number of pyridine rings is 1. The molecular formula is C23H26N6S. The second kappa shape index (κ2) is 8.07. The molecule has 0 amide bonds. The van der Waals surface area contributed by atoms with E-state index >= 15 is 0 Å². The van der Waals surface area contributed by atoms with E-state index in [0.29, 0.717) is 0 Å². The molecule has 0 unspecified atom stereocenters. The van der Waals surface area contributed by atoms with Gasteiger partial charge in [0.25, 0.3) is 0 Å². The molecule has 2 N–H and O–H groups in total. The van der Waals surface area contributed by atoms with Gasteiger partial charge in [-0.3, -0.25) is 4.98 Å². The van der Waals surface area contributed by atoms with Crippen molar-refractivity contribution in [2.75, 3.05) is 24.5 Å². The van der Waals surface area contributed by atoms with Crippen LogP contribution in [0.5, 0.6) is 0 Å². The summed E-state index contributed by atoms with van der Waals surface area (Å²) in [6.07, 6.45) is 11.5. The van der Waals surface area contributed by atoms with Crippen molar-refractivity contribution in [3.8, 4) is 10.6 Å². The van der Waals surface area contributed by atoms with E-state index in [2.05, 4.69) is 57.2 Å². The molecule has 0 bridgehead atoms. The number of nitrogens with one attached hydrogen (secondary N) is 2. The summed E-state index contributed by atoms with van der Waals surface area (Å²) in [5.74, 6) is 0. The highest BCUT2D eigenvalue weighted by Crippen LogP contribution is 2.38. The Bertz CT molecular complexity index is 1220. The number of aromatic nitrogens is 4. The van der Waals surface area contributed by atoms with Gasteiger partial charge in [-0.15, -0.1) is 11.3 Å². The van der Waals surface area contributed by atoms with Crippen LogP contribution in [0.15, 0.2) is 36.8 Å². The topological polar surface area (TPSA) is 69.7 Å². The van der Waals surface area contributed by atoms with Crippen molar-refractivity contribution in [1.29, 1.82) is 0 Å². The second-order valence-corrected chi connectivity index (χ2v) is 8.61. The van der Waals surface area contributed by atoms with Crippen LogP contribution in [0.3, 0.4) is 0 Å². The Morgan fingerprint density at radius 1 is 1.27 bits per heavy atom. The molecule has 0 saturated carbocycles. The standard InChI is InChI=1S/C23H26N6S/c1-3-7-16(24-4-2)15-13-26-23-21(15)28-18(14-27-23)20-12-17-22(30-20)19(8-9-25-17)29-10-5-6-11-29/h7-9,12-14,24H,3-6,10-11H2,1-2H3,(H,26,27)/b16-7+. The Labute approximate surface area is 180 Å². The molecule has 6 nitrogen and oxygen atoms in total. The van der Waals surface area contributed by atoms with Crippen LogP contribution in [-0.2, 0) is 0 Å². The minimum atomic E-state index is 0.811. The number of hydrogen-bond acceptors (Lipinski definition) is 6. The molecule has 4 aromatic rings. The van der Waals surface area contributed by atoms with E-state index in [-0.39, 0.29) is 0 Å². The van der Waals surface area contributed by atoms with E-state index in [0.717, 1.165) is 64.6 Å². The number of rotatable bonds is 6. The minimum Gasteiger partial charge on any atom is -0.385 e. The number of anilines is 1. The average molecular weight is 419 g/mol. The first-order valence-electron chi connectivity index (χ1n) is 10.7. The summed E-state index contributed by atoms with van der Waals surface area (Å²) in [6, 6.07) is 4.29. The first kappa shape index (κ1) is 19.1. The van der Waals surface area contributed by atoms with Crippen LogP contribution in [0.2, 0.25) is 0 Å². The van der Waals surface area contributed by atoms with Crippen LogP contribution in [0.1, 0.15) is 38.7 Å². The molecule has 7 heteroatoms. The second-order valence-electron chi connectivity index (χ2n) is 7.56. The molecule has 0 radical (unpaired) electrons. The SMILES string of the molecule is CC/C=C(/NCC)c1c[nH]c2ncc(-c3cc4nccc(N5CCCC5)c4s3)nc12. The van der Waals surface area contributed by atoms with Crippen LogP contribution in [0.25, 0.3) is 37.6 Å². The number of allylic oxidation sites excluding steroid dienone is 1. The van der Waals surface area contributed by atoms with Gasteiger partial charge in [-0.25, -0.2) is 9.97 Å². The molecule has 30 heavy (non-hydrogen) atoms. The lowest BCUT2D eigenvalue weighted by atomic mass is 10.2. The van der Waals surface area contributed by atoms with Gasteiger partial charge in [0.05, 0.1) is 32.7 Å². The molecule has 0 spiro atoms. The van der Waals surface area contributed by atoms with E-state index in [1.54, 1.807) is 11.3 Å².